The topological polar surface area (TPSA) is 54.5 Å². The zero-order valence-corrected chi connectivity index (χ0v) is 13.4. The van der Waals surface area contributed by atoms with Gasteiger partial charge in [0.15, 0.2) is 0 Å². The minimum atomic E-state index is -0.722. The number of morpholine rings is 1. The molecule has 5 nitrogen and oxygen atoms in total. The highest BCUT2D eigenvalue weighted by Gasteiger charge is 2.12. The standard InChI is InChI=1S/C18H17F2N3O2/c19-15-2-1-3-16(20)14(15)5-7-18(24)22-13-4-6-17(21-12-13)23-8-10-25-11-9-23/h1-7,12H,8-11H2,(H,22,24)/b7-5+. The number of hydrogen-bond acceptors (Lipinski definition) is 4. The van der Waals surface area contributed by atoms with E-state index in [4.69, 9.17) is 4.74 Å². The molecule has 1 aromatic carbocycles. The van der Waals surface area contributed by atoms with Gasteiger partial charge in [-0.2, -0.15) is 0 Å². The number of ether oxygens (including phenoxy) is 1. The molecule has 0 unspecified atom stereocenters. The maximum atomic E-state index is 13.5. The van der Waals surface area contributed by atoms with Crippen molar-refractivity contribution < 1.29 is 18.3 Å². The lowest BCUT2D eigenvalue weighted by atomic mass is 10.2. The largest absolute Gasteiger partial charge is 0.378 e. The minimum absolute atomic E-state index is 0.251. The second-order valence-corrected chi connectivity index (χ2v) is 5.46. The van der Waals surface area contributed by atoms with Gasteiger partial charge in [0.2, 0.25) is 5.91 Å². The van der Waals surface area contributed by atoms with E-state index in [1.54, 1.807) is 18.3 Å². The summed E-state index contributed by atoms with van der Waals surface area (Å²) in [5.41, 5.74) is 0.249. The molecular formula is C18H17F2N3O2. The molecule has 1 amide bonds. The van der Waals surface area contributed by atoms with Gasteiger partial charge in [0.25, 0.3) is 0 Å². The van der Waals surface area contributed by atoms with Gasteiger partial charge in [0.05, 0.1) is 25.1 Å². The molecule has 1 aromatic heterocycles. The lowest BCUT2D eigenvalue weighted by Gasteiger charge is -2.27. The maximum absolute atomic E-state index is 13.5. The van der Waals surface area contributed by atoms with Crippen molar-refractivity contribution >= 4 is 23.5 Å². The Balaban J connectivity index is 1.62. The molecule has 0 spiro atoms. The van der Waals surface area contributed by atoms with Crippen LogP contribution in [-0.2, 0) is 9.53 Å². The van der Waals surface area contributed by atoms with Gasteiger partial charge in [-0.1, -0.05) is 6.07 Å². The fourth-order valence-corrected chi connectivity index (χ4v) is 2.45. The Hall–Kier alpha value is -2.80. The Morgan fingerprint density at radius 2 is 1.88 bits per heavy atom. The number of halogens is 2. The molecule has 25 heavy (non-hydrogen) atoms. The number of nitrogens with zero attached hydrogens (tertiary/aromatic N) is 2. The van der Waals surface area contributed by atoms with Crippen LogP contribution in [-0.4, -0.2) is 37.2 Å². The number of carbonyl (C=O) groups is 1. The summed E-state index contributed by atoms with van der Waals surface area (Å²) in [6.45, 7) is 2.88. The van der Waals surface area contributed by atoms with Crippen molar-refractivity contribution in [1.29, 1.82) is 0 Å². The molecule has 1 aliphatic rings. The SMILES string of the molecule is O=C(/C=C/c1c(F)cccc1F)Nc1ccc(N2CCOCC2)nc1. The molecule has 1 fully saturated rings. The third-order valence-corrected chi connectivity index (χ3v) is 3.75. The highest BCUT2D eigenvalue weighted by Crippen LogP contribution is 2.16. The molecule has 1 saturated heterocycles. The van der Waals surface area contributed by atoms with E-state index in [9.17, 15) is 13.6 Å². The predicted octanol–water partition coefficient (Wildman–Crippen LogP) is 2.85. The smallest absolute Gasteiger partial charge is 0.248 e. The maximum Gasteiger partial charge on any atom is 0.248 e. The molecule has 7 heteroatoms. The van der Waals surface area contributed by atoms with Gasteiger partial charge >= 0.3 is 0 Å². The Morgan fingerprint density at radius 3 is 2.52 bits per heavy atom. The second-order valence-electron chi connectivity index (χ2n) is 5.46. The molecule has 1 N–H and O–H groups in total. The van der Waals surface area contributed by atoms with Crippen LogP contribution in [0, 0.1) is 11.6 Å². The zero-order chi connectivity index (χ0) is 17.6. The number of benzene rings is 1. The Bertz CT molecular complexity index is 752. The Kier molecular flexibility index (Phi) is 5.35. The molecular weight excluding hydrogens is 328 g/mol. The van der Waals surface area contributed by atoms with Crippen molar-refractivity contribution in [3.63, 3.8) is 0 Å². The first-order valence-electron chi connectivity index (χ1n) is 7.85. The number of amides is 1. The molecule has 0 saturated carbocycles. The summed E-state index contributed by atoms with van der Waals surface area (Å²) >= 11 is 0. The molecule has 0 radical (unpaired) electrons. The lowest BCUT2D eigenvalue weighted by Crippen LogP contribution is -2.36. The van der Waals surface area contributed by atoms with E-state index in [-0.39, 0.29) is 5.56 Å². The molecule has 0 aliphatic carbocycles. The first-order valence-corrected chi connectivity index (χ1v) is 7.85. The lowest BCUT2D eigenvalue weighted by molar-refractivity contribution is -0.111. The Morgan fingerprint density at radius 1 is 1.16 bits per heavy atom. The van der Waals surface area contributed by atoms with Crippen LogP contribution < -0.4 is 10.2 Å². The first kappa shape index (κ1) is 17.0. The van der Waals surface area contributed by atoms with Crippen molar-refractivity contribution in [3.05, 3.63) is 59.8 Å². The predicted molar refractivity (Wildman–Crippen MR) is 91.3 cm³/mol. The van der Waals surface area contributed by atoms with E-state index in [0.29, 0.717) is 18.9 Å². The van der Waals surface area contributed by atoms with Crippen LogP contribution in [0.3, 0.4) is 0 Å². The summed E-state index contributed by atoms with van der Waals surface area (Å²) in [6.07, 6.45) is 3.73. The van der Waals surface area contributed by atoms with E-state index in [0.717, 1.165) is 43.2 Å². The van der Waals surface area contributed by atoms with Crippen LogP contribution in [0.25, 0.3) is 6.08 Å². The van der Waals surface area contributed by atoms with Crippen LogP contribution >= 0.6 is 0 Å². The first-order chi connectivity index (χ1) is 12.1. The number of hydrogen-bond donors (Lipinski definition) is 1. The summed E-state index contributed by atoms with van der Waals surface area (Å²) in [7, 11) is 0. The summed E-state index contributed by atoms with van der Waals surface area (Å²) < 4.78 is 32.3. The van der Waals surface area contributed by atoms with Crippen molar-refractivity contribution in [3.8, 4) is 0 Å². The fourth-order valence-electron chi connectivity index (χ4n) is 2.45. The molecule has 2 heterocycles. The number of nitrogens with one attached hydrogen (secondary N) is 1. The zero-order valence-electron chi connectivity index (χ0n) is 13.4. The Labute approximate surface area is 143 Å². The molecule has 0 bridgehead atoms. The van der Waals surface area contributed by atoms with Crippen molar-refractivity contribution in [1.82, 2.24) is 4.98 Å². The summed E-state index contributed by atoms with van der Waals surface area (Å²) in [4.78, 5) is 18.3. The van der Waals surface area contributed by atoms with Crippen LogP contribution in [0.15, 0.2) is 42.6 Å². The van der Waals surface area contributed by atoms with Gasteiger partial charge < -0.3 is 15.0 Å². The van der Waals surface area contributed by atoms with Gasteiger partial charge in [0.1, 0.15) is 17.5 Å². The number of pyridine rings is 1. The van der Waals surface area contributed by atoms with E-state index in [1.165, 1.54) is 6.07 Å². The second kappa shape index (κ2) is 7.85. The van der Waals surface area contributed by atoms with E-state index >= 15 is 0 Å². The minimum Gasteiger partial charge on any atom is -0.378 e. The monoisotopic (exact) mass is 345 g/mol. The summed E-state index contributed by atoms with van der Waals surface area (Å²) in [5.74, 6) is -1.13. The van der Waals surface area contributed by atoms with Gasteiger partial charge in [-0.05, 0) is 30.3 Å². The van der Waals surface area contributed by atoms with E-state index < -0.39 is 17.5 Å². The molecule has 0 atom stereocenters. The van der Waals surface area contributed by atoms with Crippen LogP contribution in [0.2, 0.25) is 0 Å². The van der Waals surface area contributed by atoms with E-state index in [1.807, 2.05) is 0 Å². The quantitative estimate of drug-likeness (QED) is 0.866. The van der Waals surface area contributed by atoms with Gasteiger partial charge in [-0.15, -0.1) is 0 Å². The van der Waals surface area contributed by atoms with Gasteiger partial charge in [0, 0.05) is 24.7 Å². The number of aromatic nitrogens is 1. The van der Waals surface area contributed by atoms with Crippen LogP contribution in [0.1, 0.15) is 5.56 Å². The third-order valence-electron chi connectivity index (χ3n) is 3.75. The summed E-state index contributed by atoms with van der Waals surface area (Å²) in [5, 5.41) is 2.60. The van der Waals surface area contributed by atoms with Crippen molar-refractivity contribution in [2.75, 3.05) is 36.5 Å². The highest BCUT2D eigenvalue weighted by atomic mass is 19.1. The van der Waals surface area contributed by atoms with E-state index in [2.05, 4.69) is 15.2 Å². The van der Waals surface area contributed by atoms with Gasteiger partial charge in [-0.25, -0.2) is 13.8 Å². The molecule has 3 rings (SSSR count). The molecule has 130 valence electrons. The number of rotatable bonds is 4. The molecule has 2 aromatic rings. The van der Waals surface area contributed by atoms with Crippen molar-refractivity contribution in [2.24, 2.45) is 0 Å². The normalized spacial score (nSPS) is 14.7. The van der Waals surface area contributed by atoms with Crippen LogP contribution in [0.5, 0.6) is 0 Å². The van der Waals surface area contributed by atoms with Gasteiger partial charge in [-0.3, -0.25) is 4.79 Å². The number of carbonyl (C=O) groups excluding carboxylic acids is 1. The number of anilines is 2. The van der Waals surface area contributed by atoms with Crippen LogP contribution in [0.4, 0.5) is 20.3 Å². The average Bonchev–Trinajstić information content (AvgIpc) is 2.63. The van der Waals surface area contributed by atoms with Crippen molar-refractivity contribution in [2.45, 2.75) is 0 Å². The average molecular weight is 345 g/mol. The third kappa shape index (κ3) is 4.39. The molecule has 1 aliphatic heterocycles. The summed E-state index contributed by atoms with van der Waals surface area (Å²) in [6, 6.07) is 7.07. The fraction of sp³-hybridized carbons (Fsp3) is 0.222. The highest BCUT2D eigenvalue weighted by molar-refractivity contribution is 6.01.